The molecular weight excluding hydrogens is 164 g/mol. The third kappa shape index (κ3) is 3.42. The maximum absolute atomic E-state index is 5.09. The monoisotopic (exact) mass is 180 g/mol. The molecule has 0 saturated heterocycles. The predicted octanol–water partition coefficient (Wildman–Crippen LogP) is 1.92. The van der Waals surface area contributed by atoms with E-state index in [9.17, 15) is 0 Å². The van der Waals surface area contributed by atoms with E-state index >= 15 is 0 Å². The summed E-state index contributed by atoms with van der Waals surface area (Å²) >= 11 is 0. The molecule has 0 radical (unpaired) electrons. The fourth-order valence-electron chi connectivity index (χ4n) is 1.15. The van der Waals surface area contributed by atoms with Gasteiger partial charge in [-0.05, 0) is 18.6 Å². The highest BCUT2D eigenvalue weighted by atomic mass is 16.5. The fraction of sp³-hybridized carbons (Fsp3) is 0.500. The van der Waals surface area contributed by atoms with Crippen LogP contribution < -0.4 is 5.32 Å². The first kappa shape index (κ1) is 9.99. The van der Waals surface area contributed by atoms with Gasteiger partial charge in [0.2, 0.25) is 0 Å². The van der Waals surface area contributed by atoms with E-state index < -0.39 is 0 Å². The second-order valence-electron chi connectivity index (χ2n) is 2.94. The second kappa shape index (κ2) is 5.54. The Labute approximate surface area is 79.1 Å². The first-order chi connectivity index (χ1) is 6.36. The van der Waals surface area contributed by atoms with Crippen LogP contribution >= 0.6 is 0 Å². The average Bonchev–Trinajstić information content (AvgIpc) is 2.19. The van der Waals surface area contributed by atoms with Crippen molar-refractivity contribution in [2.24, 2.45) is 0 Å². The van der Waals surface area contributed by atoms with Crippen molar-refractivity contribution in [1.82, 2.24) is 4.98 Å². The van der Waals surface area contributed by atoms with Gasteiger partial charge in [0, 0.05) is 31.2 Å². The normalized spacial score (nSPS) is 12.5. The van der Waals surface area contributed by atoms with Crippen LogP contribution in [0.1, 0.15) is 13.3 Å². The molecule has 0 bridgehead atoms. The Balaban J connectivity index is 2.46. The molecule has 1 rings (SSSR count). The molecule has 1 atom stereocenters. The lowest BCUT2D eigenvalue weighted by molar-refractivity contribution is 0.184. The highest BCUT2D eigenvalue weighted by Gasteiger charge is 2.03. The number of rotatable bonds is 5. The van der Waals surface area contributed by atoms with Gasteiger partial charge in [0.05, 0.1) is 6.61 Å². The van der Waals surface area contributed by atoms with Crippen molar-refractivity contribution >= 4 is 5.69 Å². The SMILES string of the molecule is CCC(COC)Nc1ccncc1. The molecule has 1 unspecified atom stereocenters. The van der Waals surface area contributed by atoms with Crippen LogP contribution in [-0.4, -0.2) is 24.7 Å². The molecule has 0 spiro atoms. The lowest BCUT2D eigenvalue weighted by Crippen LogP contribution is -2.23. The molecule has 3 heteroatoms. The Hall–Kier alpha value is -1.09. The van der Waals surface area contributed by atoms with Crippen molar-refractivity contribution in [3.05, 3.63) is 24.5 Å². The maximum Gasteiger partial charge on any atom is 0.0663 e. The van der Waals surface area contributed by atoms with E-state index in [0.29, 0.717) is 6.04 Å². The van der Waals surface area contributed by atoms with E-state index in [0.717, 1.165) is 18.7 Å². The number of aromatic nitrogens is 1. The highest BCUT2D eigenvalue weighted by molar-refractivity contribution is 5.41. The van der Waals surface area contributed by atoms with Gasteiger partial charge in [-0.15, -0.1) is 0 Å². The number of nitrogens with one attached hydrogen (secondary N) is 1. The third-order valence-electron chi connectivity index (χ3n) is 1.91. The number of hydrogen-bond acceptors (Lipinski definition) is 3. The number of pyridine rings is 1. The standard InChI is InChI=1S/C10H16N2O/c1-3-9(8-13-2)12-10-4-6-11-7-5-10/h4-7,9H,3,8H2,1-2H3,(H,11,12). The molecule has 0 aliphatic carbocycles. The average molecular weight is 180 g/mol. The van der Waals surface area contributed by atoms with Gasteiger partial charge in [0.1, 0.15) is 0 Å². The predicted molar refractivity (Wildman–Crippen MR) is 53.8 cm³/mol. The lowest BCUT2D eigenvalue weighted by atomic mass is 10.2. The van der Waals surface area contributed by atoms with Crippen molar-refractivity contribution in [2.45, 2.75) is 19.4 Å². The molecule has 72 valence electrons. The Bertz CT molecular complexity index is 226. The van der Waals surface area contributed by atoms with Crippen LogP contribution in [0.2, 0.25) is 0 Å². The summed E-state index contributed by atoms with van der Waals surface area (Å²) in [5.74, 6) is 0. The fourth-order valence-corrected chi connectivity index (χ4v) is 1.15. The summed E-state index contributed by atoms with van der Waals surface area (Å²) in [6.07, 6.45) is 4.61. The molecule has 1 aromatic heterocycles. The Morgan fingerprint density at radius 2 is 2.15 bits per heavy atom. The molecule has 0 aliphatic rings. The summed E-state index contributed by atoms with van der Waals surface area (Å²) < 4.78 is 5.09. The summed E-state index contributed by atoms with van der Waals surface area (Å²) in [6, 6.07) is 4.30. The first-order valence-corrected chi connectivity index (χ1v) is 4.52. The number of methoxy groups -OCH3 is 1. The van der Waals surface area contributed by atoms with E-state index in [1.165, 1.54) is 0 Å². The molecule has 1 N–H and O–H groups in total. The molecular formula is C10H16N2O. The molecule has 1 heterocycles. The zero-order valence-electron chi connectivity index (χ0n) is 8.16. The highest BCUT2D eigenvalue weighted by Crippen LogP contribution is 2.07. The van der Waals surface area contributed by atoms with Crippen LogP contribution in [-0.2, 0) is 4.74 Å². The molecule has 0 aliphatic heterocycles. The van der Waals surface area contributed by atoms with Crippen LogP contribution in [0, 0.1) is 0 Å². The summed E-state index contributed by atoms with van der Waals surface area (Å²) in [4.78, 5) is 3.95. The van der Waals surface area contributed by atoms with Crippen molar-refractivity contribution in [2.75, 3.05) is 19.0 Å². The molecule has 3 nitrogen and oxygen atoms in total. The van der Waals surface area contributed by atoms with Gasteiger partial charge in [-0.2, -0.15) is 0 Å². The number of ether oxygens (including phenoxy) is 1. The van der Waals surface area contributed by atoms with Crippen LogP contribution in [0.15, 0.2) is 24.5 Å². The van der Waals surface area contributed by atoms with Gasteiger partial charge in [-0.3, -0.25) is 4.98 Å². The molecule has 0 fully saturated rings. The van der Waals surface area contributed by atoms with E-state index in [4.69, 9.17) is 4.74 Å². The van der Waals surface area contributed by atoms with Gasteiger partial charge in [0.15, 0.2) is 0 Å². The van der Waals surface area contributed by atoms with E-state index in [1.54, 1.807) is 19.5 Å². The van der Waals surface area contributed by atoms with Crippen LogP contribution in [0.25, 0.3) is 0 Å². The molecule has 1 aromatic rings. The Kier molecular flexibility index (Phi) is 4.26. The van der Waals surface area contributed by atoms with Crippen LogP contribution in [0.3, 0.4) is 0 Å². The minimum Gasteiger partial charge on any atom is -0.383 e. The van der Waals surface area contributed by atoms with E-state index in [-0.39, 0.29) is 0 Å². The quantitative estimate of drug-likeness (QED) is 0.751. The Morgan fingerprint density at radius 3 is 2.69 bits per heavy atom. The summed E-state index contributed by atoms with van der Waals surface area (Å²) in [7, 11) is 1.72. The van der Waals surface area contributed by atoms with Crippen LogP contribution in [0.4, 0.5) is 5.69 Å². The smallest absolute Gasteiger partial charge is 0.0663 e. The largest absolute Gasteiger partial charge is 0.383 e. The summed E-state index contributed by atoms with van der Waals surface area (Å²) in [6.45, 7) is 2.87. The zero-order valence-corrected chi connectivity index (χ0v) is 8.16. The first-order valence-electron chi connectivity index (χ1n) is 4.52. The Morgan fingerprint density at radius 1 is 1.46 bits per heavy atom. The van der Waals surface area contributed by atoms with Crippen molar-refractivity contribution in [3.8, 4) is 0 Å². The number of anilines is 1. The number of nitrogens with zero attached hydrogens (tertiary/aromatic N) is 1. The summed E-state index contributed by atoms with van der Waals surface area (Å²) in [5, 5.41) is 3.36. The van der Waals surface area contributed by atoms with Crippen LogP contribution in [0.5, 0.6) is 0 Å². The number of hydrogen-bond donors (Lipinski definition) is 1. The lowest BCUT2D eigenvalue weighted by Gasteiger charge is -2.16. The van der Waals surface area contributed by atoms with Crippen molar-refractivity contribution in [3.63, 3.8) is 0 Å². The van der Waals surface area contributed by atoms with Gasteiger partial charge < -0.3 is 10.1 Å². The minimum atomic E-state index is 0.382. The summed E-state index contributed by atoms with van der Waals surface area (Å²) in [5.41, 5.74) is 1.10. The van der Waals surface area contributed by atoms with E-state index in [1.807, 2.05) is 12.1 Å². The zero-order chi connectivity index (χ0) is 9.52. The minimum absolute atomic E-state index is 0.382. The third-order valence-corrected chi connectivity index (χ3v) is 1.91. The topological polar surface area (TPSA) is 34.1 Å². The van der Waals surface area contributed by atoms with Crippen molar-refractivity contribution in [1.29, 1.82) is 0 Å². The molecule has 0 amide bonds. The van der Waals surface area contributed by atoms with Crippen molar-refractivity contribution < 1.29 is 4.74 Å². The maximum atomic E-state index is 5.09. The molecule has 0 aromatic carbocycles. The molecule has 0 saturated carbocycles. The van der Waals surface area contributed by atoms with E-state index in [2.05, 4.69) is 17.2 Å². The second-order valence-corrected chi connectivity index (χ2v) is 2.94. The van der Waals surface area contributed by atoms with Gasteiger partial charge in [-0.25, -0.2) is 0 Å². The molecule has 13 heavy (non-hydrogen) atoms. The van der Waals surface area contributed by atoms with Gasteiger partial charge in [-0.1, -0.05) is 6.92 Å². The van der Waals surface area contributed by atoms with Gasteiger partial charge in [0.25, 0.3) is 0 Å². The van der Waals surface area contributed by atoms with Gasteiger partial charge >= 0.3 is 0 Å².